The molecule has 3 aliphatic rings. The summed E-state index contributed by atoms with van der Waals surface area (Å²) in [5.74, 6) is 3.08. The number of phenols is 1. The van der Waals surface area contributed by atoms with Crippen LogP contribution in [0.15, 0.2) is 12.1 Å². The Kier molecular flexibility index (Phi) is 3.09. The molecule has 23 heavy (non-hydrogen) atoms. The summed E-state index contributed by atoms with van der Waals surface area (Å²) in [7, 11) is 0. The van der Waals surface area contributed by atoms with Crippen molar-refractivity contribution >= 4 is 0 Å². The minimum atomic E-state index is -0.997. The SMILES string of the molecule is C#C[C@@]1(O)CC[C@H]2[C@@H]3CCc4cc(O)c(F)cc4[C@H]3CC[C@@]21C. The molecule has 2 N–H and O–H groups in total. The number of hydrogen-bond donors (Lipinski definition) is 2. The van der Waals surface area contributed by atoms with E-state index in [1.807, 2.05) is 0 Å². The van der Waals surface area contributed by atoms with Crippen molar-refractivity contribution in [3.63, 3.8) is 0 Å². The molecule has 3 heteroatoms. The van der Waals surface area contributed by atoms with Gasteiger partial charge in [-0.15, -0.1) is 6.42 Å². The fraction of sp³-hybridized carbons (Fsp3) is 0.600. The molecular weight excluding hydrogens is 291 g/mol. The van der Waals surface area contributed by atoms with Gasteiger partial charge in [0.25, 0.3) is 0 Å². The molecule has 0 heterocycles. The molecule has 3 aliphatic carbocycles. The van der Waals surface area contributed by atoms with Crippen molar-refractivity contribution in [2.24, 2.45) is 17.3 Å². The van der Waals surface area contributed by atoms with E-state index in [0.717, 1.165) is 43.2 Å². The van der Waals surface area contributed by atoms with E-state index in [9.17, 15) is 14.6 Å². The van der Waals surface area contributed by atoms with Crippen molar-refractivity contribution in [2.75, 3.05) is 0 Å². The van der Waals surface area contributed by atoms with E-state index in [4.69, 9.17) is 6.42 Å². The van der Waals surface area contributed by atoms with Crippen LogP contribution in [0, 0.1) is 35.4 Å². The van der Waals surface area contributed by atoms with Crippen molar-refractivity contribution in [1.29, 1.82) is 0 Å². The number of benzene rings is 1. The maximum atomic E-state index is 13.9. The number of aromatic hydroxyl groups is 1. The van der Waals surface area contributed by atoms with Crippen molar-refractivity contribution in [3.8, 4) is 18.1 Å². The highest BCUT2D eigenvalue weighted by Crippen LogP contribution is 2.64. The molecule has 0 amide bonds. The molecule has 2 nitrogen and oxygen atoms in total. The highest BCUT2D eigenvalue weighted by Gasteiger charge is 2.61. The first-order chi connectivity index (χ1) is 10.9. The average Bonchev–Trinajstić information content (AvgIpc) is 2.81. The van der Waals surface area contributed by atoms with Gasteiger partial charge in [0.1, 0.15) is 5.60 Å². The maximum absolute atomic E-state index is 13.9. The zero-order valence-electron chi connectivity index (χ0n) is 13.5. The van der Waals surface area contributed by atoms with Gasteiger partial charge in [-0.1, -0.05) is 12.8 Å². The Morgan fingerprint density at radius 3 is 2.78 bits per heavy atom. The first-order valence-electron chi connectivity index (χ1n) is 8.61. The number of phenolic OH excluding ortho intramolecular Hbond substituents is 1. The predicted octanol–water partition coefficient (Wildman–Crippen LogP) is 3.75. The Balaban J connectivity index is 1.74. The topological polar surface area (TPSA) is 40.5 Å². The van der Waals surface area contributed by atoms with Crippen LogP contribution in [0.25, 0.3) is 0 Å². The number of aliphatic hydroxyl groups is 1. The third-order valence-electron chi connectivity index (χ3n) is 7.18. The molecule has 0 aliphatic heterocycles. The lowest BCUT2D eigenvalue weighted by atomic mass is 9.53. The van der Waals surface area contributed by atoms with Crippen LogP contribution in [0.1, 0.15) is 56.1 Å². The molecule has 0 radical (unpaired) electrons. The molecule has 0 spiro atoms. The largest absolute Gasteiger partial charge is 0.505 e. The molecule has 1 aromatic carbocycles. The molecular formula is C20H23FO2. The van der Waals surface area contributed by atoms with Gasteiger partial charge in [-0.05, 0) is 79.5 Å². The minimum Gasteiger partial charge on any atom is -0.505 e. The molecule has 2 saturated carbocycles. The van der Waals surface area contributed by atoms with Gasteiger partial charge in [-0.3, -0.25) is 0 Å². The fourth-order valence-corrected chi connectivity index (χ4v) is 5.83. The van der Waals surface area contributed by atoms with Gasteiger partial charge in [-0.25, -0.2) is 4.39 Å². The minimum absolute atomic E-state index is 0.226. The summed E-state index contributed by atoms with van der Waals surface area (Å²) < 4.78 is 13.9. The second-order valence-corrected chi connectivity index (χ2v) is 7.92. The Morgan fingerprint density at radius 2 is 2.04 bits per heavy atom. The van der Waals surface area contributed by atoms with E-state index in [1.54, 1.807) is 6.07 Å². The van der Waals surface area contributed by atoms with Gasteiger partial charge in [0.05, 0.1) is 0 Å². The van der Waals surface area contributed by atoms with Gasteiger partial charge in [0.2, 0.25) is 0 Å². The van der Waals surface area contributed by atoms with Crippen LogP contribution >= 0.6 is 0 Å². The Labute approximate surface area is 136 Å². The maximum Gasteiger partial charge on any atom is 0.165 e. The quantitative estimate of drug-likeness (QED) is 0.716. The van der Waals surface area contributed by atoms with E-state index in [-0.39, 0.29) is 11.2 Å². The molecule has 0 aromatic heterocycles. The monoisotopic (exact) mass is 314 g/mol. The van der Waals surface area contributed by atoms with Crippen LogP contribution in [0.2, 0.25) is 0 Å². The van der Waals surface area contributed by atoms with Crippen LogP contribution < -0.4 is 0 Å². The summed E-state index contributed by atoms with van der Waals surface area (Å²) >= 11 is 0. The zero-order valence-corrected chi connectivity index (χ0v) is 13.5. The lowest BCUT2D eigenvalue weighted by Gasteiger charge is -2.52. The molecule has 0 unspecified atom stereocenters. The third-order valence-corrected chi connectivity index (χ3v) is 7.18. The summed E-state index contributed by atoms with van der Waals surface area (Å²) in [6, 6.07) is 3.13. The van der Waals surface area contributed by atoms with Crippen molar-refractivity contribution < 1.29 is 14.6 Å². The molecule has 4 rings (SSSR count). The number of terminal acetylenes is 1. The zero-order chi connectivity index (χ0) is 16.4. The van der Waals surface area contributed by atoms with Crippen LogP contribution in [-0.2, 0) is 6.42 Å². The van der Waals surface area contributed by atoms with E-state index in [1.165, 1.54) is 6.07 Å². The molecule has 2 fully saturated rings. The van der Waals surface area contributed by atoms with Gasteiger partial charge < -0.3 is 10.2 Å². The van der Waals surface area contributed by atoms with Crippen LogP contribution in [-0.4, -0.2) is 15.8 Å². The first kappa shape index (κ1) is 15.0. The normalized spacial score (nSPS) is 41.6. The van der Waals surface area contributed by atoms with Gasteiger partial charge in [0, 0.05) is 5.41 Å². The molecule has 1 aromatic rings. The summed E-state index contributed by atoms with van der Waals surface area (Å²) in [4.78, 5) is 0. The summed E-state index contributed by atoms with van der Waals surface area (Å²) in [6.45, 7) is 2.15. The summed E-state index contributed by atoms with van der Waals surface area (Å²) in [6.07, 6.45) is 11.0. The molecule has 0 saturated heterocycles. The van der Waals surface area contributed by atoms with Crippen molar-refractivity contribution in [2.45, 2.75) is 57.0 Å². The Morgan fingerprint density at radius 1 is 1.26 bits per heavy atom. The average molecular weight is 314 g/mol. The fourth-order valence-electron chi connectivity index (χ4n) is 5.83. The smallest absolute Gasteiger partial charge is 0.165 e. The number of fused-ring (bicyclic) bond motifs is 5. The summed E-state index contributed by atoms with van der Waals surface area (Å²) in [5, 5.41) is 20.5. The standard InChI is InChI=1S/C20H23FO2/c1-3-20(23)9-7-16-14-5-4-12-10-18(22)17(21)11-15(12)13(14)6-8-19(16,20)2/h1,10-11,13-14,16,22-23H,4-9H2,2H3/t13-,14+,16-,19-,20+/m0/s1. The highest BCUT2D eigenvalue weighted by atomic mass is 19.1. The van der Waals surface area contributed by atoms with Crippen molar-refractivity contribution in [3.05, 3.63) is 29.1 Å². The van der Waals surface area contributed by atoms with Gasteiger partial charge in [0.15, 0.2) is 11.6 Å². The molecule has 5 atom stereocenters. The summed E-state index contributed by atoms with van der Waals surface area (Å²) in [5.41, 5.74) is 0.924. The lowest BCUT2D eigenvalue weighted by molar-refractivity contribution is -0.0647. The number of aryl methyl sites for hydroxylation is 1. The first-order valence-corrected chi connectivity index (χ1v) is 8.61. The van der Waals surface area contributed by atoms with Crippen LogP contribution in [0.4, 0.5) is 4.39 Å². The van der Waals surface area contributed by atoms with Gasteiger partial charge >= 0.3 is 0 Å². The lowest BCUT2D eigenvalue weighted by Crippen LogP contribution is -2.50. The van der Waals surface area contributed by atoms with E-state index in [0.29, 0.717) is 24.2 Å². The second-order valence-electron chi connectivity index (χ2n) is 7.92. The second kappa shape index (κ2) is 4.74. The van der Waals surface area contributed by atoms with Crippen LogP contribution in [0.5, 0.6) is 5.75 Å². The predicted molar refractivity (Wildman–Crippen MR) is 86.5 cm³/mol. The molecule has 122 valence electrons. The van der Waals surface area contributed by atoms with E-state index in [2.05, 4.69) is 12.8 Å². The van der Waals surface area contributed by atoms with E-state index >= 15 is 0 Å². The van der Waals surface area contributed by atoms with Gasteiger partial charge in [-0.2, -0.15) is 0 Å². The third kappa shape index (κ3) is 1.85. The Bertz CT molecular complexity index is 706. The molecule has 0 bridgehead atoms. The van der Waals surface area contributed by atoms with Crippen LogP contribution in [0.3, 0.4) is 0 Å². The number of halogens is 1. The Hall–Kier alpha value is -1.53. The highest BCUT2D eigenvalue weighted by molar-refractivity contribution is 5.41. The van der Waals surface area contributed by atoms with Crippen molar-refractivity contribution in [1.82, 2.24) is 0 Å². The number of rotatable bonds is 0. The number of hydrogen-bond acceptors (Lipinski definition) is 2. The van der Waals surface area contributed by atoms with E-state index < -0.39 is 11.4 Å².